The van der Waals surface area contributed by atoms with E-state index in [2.05, 4.69) is 4.98 Å². The Kier molecular flexibility index (Phi) is 4.74. The quantitative estimate of drug-likeness (QED) is 0.833. The van der Waals surface area contributed by atoms with Gasteiger partial charge in [-0.05, 0) is 12.2 Å². The topological polar surface area (TPSA) is 48.4 Å². The Hall–Kier alpha value is -1.44. The van der Waals surface area contributed by atoms with Crippen LogP contribution in [0, 0.1) is 10.6 Å². The van der Waals surface area contributed by atoms with E-state index in [-0.39, 0.29) is 11.9 Å². The number of nitrogens with zero attached hydrogens (tertiary/aromatic N) is 1. The summed E-state index contributed by atoms with van der Waals surface area (Å²) in [4.78, 5) is 2.98. The first-order valence-corrected chi connectivity index (χ1v) is 6.49. The third kappa shape index (κ3) is 2.84. The zero-order chi connectivity index (χ0) is 14.7. The minimum absolute atomic E-state index is 0.137. The third-order valence-electron chi connectivity index (χ3n) is 3.12. The number of rotatable bonds is 6. The van der Waals surface area contributed by atoms with Crippen molar-refractivity contribution in [2.75, 3.05) is 27.9 Å². The summed E-state index contributed by atoms with van der Waals surface area (Å²) in [5, 5.41) is 0. The van der Waals surface area contributed by atoms with Gasteiger partial charge in [0.2, 0.25) is 0 Å². The maximum Gasteiger partial charge on any atom is 0.178 e. The van der Waals surface area contributed by atoms with Gasteiger partial charge in [-0.2, -0.15) is 0 Å². The number of hydrogen-bond donors (Lipinski definition) is 1. The Bertz CT molecular complexity index is 653. The standard InChI is InChI=1S/C13H17FN2O3S/c1-17-7-8(18-2)6-16-11-5-12(19-3)9(14)4-10(11)15-13(16)20/h4-5,8H,6-7H2,1-3H3,(H,15,20). The Morgan fingerprint density at radius 2 is 2.10 bits per heavy atom. The van der Waals surface area contributed by atoms with E-state index in [4.69, 9.17) is 26.4 Å². The van der Waals surface area contributed by atoms with Crippen molar-refractivity contribution in [1.29, 1.82) is 0 Å². The molecule has 20 heavy (non-hydrogen) atoms. The molecule has 2 aromatic rings. The van der Waals surface area contributed by atoms with Gasteiger partial charge in [-0.15, -0.1) is 0 Å². The molecule has 110 valence electrons. The number of imidazole rings is 1. The summed E-state index contributed by atoms with van der Waals surface area (Å²) in [7, 11) is 4.65. The van der Waals surface area contributed by atoms with Gasteiger partial charge in [0, 0.05) is 26.4 Å². The Balaban J connectivity index is 2.46. The molecule has 0 saturated heterocycles. The van der Waals surface area contributed by atoms with Gasteiger partial charge in [0.15, 0.2) is 16.3 Å². The molecule has 5 nitrogen and oxygen atoms in total. The van der Waals surface area contributed by atoms with Crippen LogP contribution in [-0.4, -0.2) is 43.6 Å². The molecule has 1 aromatic heterocycles. The number of ether oxygens (including phenoxy) is 3. The number of nitrogens with one attached hydrogen (secondary N) is 1. The lowest BCUT2D eigenvalue weighted by Crippen LogP contribution is -2.23. The normalized spacial score (nSPS) is 12.8. The highest BCUT2D eigenvalue weighted by Crippen LogP contribution is 2.24. The van der Waals surface area contributed by atoms with Crippen molar-refractivity contribution in [3.8, 4) is 5.75 Å². The lowest BCUT2D eigenvalue weighted by Gasteiger charge is -2.15. The highest BCUT2D eigenvalue weighted by Gasteiger charge is 2.14. The van der Waals surface area contributed by atoms with Crippen LogP contribution in [0.5, 0.6) is 5.75 Å². The average Bonchev–Trinajstić information content (AvgIpc) is 2.72. The molecule has 1 atom stereocenters. The van der Waals surface area contributed by atoms with Crippen LogP contribution in [0.3, 0.4) is 0 Å². The maximum atomic E-state index is 13.7. The fourth-order valence-electron chi connectivity index (χ4n) is 2.08. The van der Waals surface area contributed by atoms with E-state index in [1.165, 1.54) is 13.2 Å². The molecular weight excluding hydrogens is 283 g/mol. The molecule has 0 radical (unpaired) electrons. The molecule has 7 heteroatoms. The first kappa shape index (κ1) is 15.0. The second kappa shape index (κ2) is 6.34. The maximum absolute atomic E-state index is 13.7. The monoisotopic (exact) mass is 300 g/mol. The summed E-state index contributed by atoms with van der Waals surface area (Å²) in [6, 6.07) is 3.00. The molecule has 0 aliphatic heterocycles. The minimum Gasteiger partial charge on any atom is -0.494 e. The molecule has 2 rings (SSSR count). The van der Waals surface area contributed by atoms with Crippen LogP contribution in [0.2, 0.25) is 0 Å². The van der Waals surface area contributed by atoms with Gasteiger partial charge in [-0.3, -0.25) is 0 Å². The molecule has 0 fully saturated rings. The Labute approximate surface area is 121 Å². The first-order valence-electron chi connectivity index (χ1n) is 6.08. The van der Waals surface area contributed by atoms with E-state index in [1.54, 1.807) is 20.3 Å². The number of hydrogen-bond acceptors (Lipinski definition) is 4. The van der Waals surface area contributed by atoms with Crippen molar-refractivity contribution in [2.45, 2.75) is 12.6 Å². The SMILES string of the molecule is COCC(Cn1c(=S)[nH]c2cc(F)c(OC)cc21)OC. The van der Waals surface area contributed by atoms with Crippen LogP contribution >= 0.6 is 12.2 Å². The summed E-state index contributed by atoms with van der Waals surface area (Å²) < 4.78 is 31.5. The van der Waals surface area contributed by atoms with Crippen molar-refractivity contribution in [1.82, 2.24) is 9.55 Å². The third-order valence-corrected chi connectivity index (χ3v) is 3.44. The molecule has 1 heterocycles. The van der Waals surface area contributed by atoms with E-state index in [1.807, 2.05) is 4.57 Å². The molecule has 1 unspecified atom stereocenters. The van der Waals surface area contributed by atoms with Gasteiger partial charge in [-0.1, -0.05) is 0 Å². The molecular formula is C13H17FN2O3S. The van der Waals surface area contributed by atoms with Gasteiger partial charge in [0.1, 0.15) is 0 Å². The van der Waals surface area contributed by atoms with Gasteiger partial charge >= 0.3 is 0 Å². The van der Waals surface area contributed by atoms with Gasteiger partial charge in [0.05, 0.1) is 37.4 Å². The highest BCUT2D eigenvalue weighted by molar-refractivity contribution is 7.71. The molecule has 0 bridgehead atoms. The van der Waals surface area contributed by atoms with Crippen LogP contribution in [-0.2, 0) is 16.0 Å². The second-order valence-electron chi connectivity index (χ2n) is 4.36. The Morgan fingerprint density at radius 3 is 2.70 bits per heavy atom. The van der Waals surface area contributed by atoms with E-state index in [0.29, 0.717) is 23.4 Å². The number of benzene rings is 1. The lowest BCUT2D eigenvalue weighted by molar-refractivity contribution is 0.0188. The van der Waals surface area contributed by atoms with E-state index >= 15 is 0 Å². The van der Waals surface area contributed by atoms with Gasteiger partial charge in [0.25, 0.3) is 0 Å². The average molecular weight is 300 g/mol. The van der Waals surface area contributed by atoms with Crippen molar-refractivity contribution in [2.24, 2.45) is 0 Å². The molecule has 0 aliphatic carbocycles. The van der Waals surface area contributed by atoms with Crippen LogP contribution in [0.15, 0.2) is 12.1 Å². The smallest absolute Gasteiger partial charge is 0.178 e. The predicted octanol–water partition coefficient (Wildman–Crippen LogP) is 2.51. The minimum atomic E-state index is -0.427. The fraction of sp³-hybridized carbons (Fsp3) is 0.462. The van der Waals surface area contributed by atoms with Crippen molar-refractivity contribution >= 4 is 23.3 Å². The summed E-state index contributed by atoms with van der Waals surface area (Å²) in [5.41, 5.74) is 1.40. The Morgan fingerprint density at radius 1 is 1.35 bits per heavy atom. The zero-order valence-electron chi connectivity index (χ0n) is 11.6. The highest BCUT2D eigenvalue weighted by atomic mass is 32.1. The molecule has 1 N–H and O–H groups in total. The number of fused-ring (bicyclic) bond motifs is 1. The largest absolute Gasteiger partial charge is 0.494 e. The number of H-pyrrole nitrogens is 1. The molecule has 0 saturated carbocycles. The molecule has 0 aliphatic rings. The first-order chi connectivity index (χ1) is 9.60. The van der Waals surface area contributed by atoms with Crippen LogP contribution < -0.4 is 4.74 Å². The molecule has 1 aromatic carbocycles. The number of methoxy groups -OCH3 is 3. The van der Waals surface area contributed by atoms with Gasteiger partial charge in [-0.25, -0.2) is 4.39 Å². The van der Waals surface area contributed by atoms with Crippen molar-refractivity contribution in [3.63, 3.8) is 0 Å². The van der Waals surface area contributed by atoms with E-state index in [0.717, 1.165) is 5.52 Å². The molecule has 0 amide bonds. The van der Waals surface area contributed by atoms with Crippen molar-refractivity contribution in [3.05, 3.63) is 22.7 Å². The molecule has 0 spiro atoms. The zero-order valence-corrected chi connectivity index (χ0v) is 12.4. The van der Waals surface area contributed by atoms with Crippen LogP contribution in [0.25, 0.3) is 11.0 Å². The van der Waals surface area contributed by atoms with Crippen molar-refractivity contribution < 1.29 is 18.6 Å². The predicted molar refractivity (Wildman–Crippen MR) is 76.3 cm³/mol. The summed E-state index contributed by atoms with van der Waals surface area (Å²) in [6.07, 6.45) is -0.137. The second-order valence-corrected chi connectivity index (χ2v) is 4.74. The fourth-order valence-corrected chi connectivity index (χ4v) is 2.36. The lowest BCUT2D eigenvalue weighted by atomic mass is 10.2. The summed E-state index contributed by atoms with van der Waals surface area (Å²) in [5.74, 6) is -0.246. The van der Waals surface area contributed by atoms with Crippen LogP contribution in [0.1, 0.15) is 0 Å². The van der Waals surface area contributed by atoms with E-state index in [9.17, 15) is 4.39 Å². The van der Waals surface area contributed by atoms with Gasteiger partial charge < -0.3 is 23.8 Å². The number of aromatic amines is 1. The van der Waals surface area contributed by atoms with Crippen LogP contribution in [0.4, 0.5) is 4.39 Å². The van der Waals surface area contributed by atoms with E-state index < -0.39 is 5.82 Å². The number of halogens is 1. The number of aromatic nitrogens is 2. The summed E-state index contributed by atoms with van der Waals surface area (Å²) >= 11 is 5.27. The summed E-state index contributed by atoms with van der Waals surface area (Å²) in [6.45, 7) is 0.960.